The summed E-state index contributed by atoms with van der Waals surface area (Å²) in [6, 6.07) is 14.9. The minimum absolute atomic E-state index is 0.0434. The fourth-order valence-electron chi connectivity index (χ4n) is 4.72. The molecule has 1 fully saturated rings. The number of pyridine rings is 1. The summed E-state index contributed by atoms with van der Waals surface area (Å²) in [5, 5.41) is 5.11. The molecule has 1 atom stereocenters. The number of H-pyrrole nitrogens is 1. The number of rotatable bonds is 6. The predicted octanol–water partition coefficient (Wildman–Crippen LogP) is 5.14. The first-order valence-corrected chi connectivity index (χ1v) is 12.2. The molecular weight excluding hydrogens is 428 g/mol. The average molecular weight is 463 g/mol. The van der Waals surface area contributed by atoms with E-state index in [4.69, 9.17) is 12.2 Å². The minimum atomic E-state index is -0.0434. The number of anilines is 1. The summed E-state index contributed by atoms with van der Waals surface area (Å²) in [6.07, 6.45) is 2.36. The molecule has 0 saturated carbocycles. The van der Waals surface area contributed by atoms with Gasteiger partial charge in [0.25, 0.3) is 5.56 Å². The molecule has 4 rings (SSSR count). The smallest absolute Gasteiger partial charge is 0.253 e. The van der Waals surface area contributed by atoms with Crippen molar-refractivity contribution in [1.82, 2.24) is 14.8 Å². The summed E-state index contributed by atoms with van der Waals surface area (Å²) >= 11 is 5.86. The number of likely N-dealkylation sites (tertiary alicyclic amines) is 1. The number of aromatic amines is 1. The van der Waals surface area contributed by atoms with E-state index >= 15 is 0 Å². The number of aromatic nitrogens is 1. The second kappa shape index (κ2) is 10.1. The number of hydrogen-bond acceptors (Lipinski definition) is 3. The van der Waals surface area contributed by atoms with Gasteiger partial charge >= 0.3 is 0 Å². The van der Waals surface area contributed by atoms with E-state index in [-0.39, 0.29) is 5.56 Å². The second-order valence-electron chi connectivity index (χ2n) is 9.20. The van der Waals surface area contributed by atoms with Crippen molar-refractivity contribution >= 4 is 33.9 Å². The third kappa shape index (κ3) is 5.28. The zero-order valence-corrected chi connectivity index (χ0v) is 20.9. The molecule has 3 aromatic rings. The van der Waals surface area contributed by atoms with Crippen molar-refractivity contribution in [3.8, 4) is 0 Å². The highest BCUT2D eigenvalue weighted by molar-refractivity contribution is 7.80. The van der Waals surface area contributed by atoms with Gasteiger partial charge in [-0.15, -0.1) is 0 Å². The van der Waals surface area contributed by atoms with Crippen LogP contribution in [0.1, 0.15) is 42.0 Å². The standard InChI is InChI=1S/C27H34N4OS/c1-5-30-14-6-7-24(30)17-31(27(33)28-23-12-8-18(2)9-13-23)16-22-15-21-11-10-19(3)20(4)25(21)29-26(22)32/h8-13,15,24H,5-7,14,16-17H2,1-4H3,(H,28,33)(H,29,32)/t24-/m0/s1. The summed E-state index contributed by atoms with van der Waals surface area (Å²) in [5.41, 5.74) is 6.08. The lowest BCUT2D eigenvalue weighted by Crippen LogP contribution is -2.44. The predicted molar refractivity (Wildman–Crippen MR) is 142 cm³/mol. The molecule has 0 unspecified atom stereocenters. The van der Waals surface area contributed by atoms with Crippen LogP contribution in [0.15, 0.2) is 47.3 Å². The van der Waals surface area contributed by atoms with Crippen molar-refractivity contribution in [2.24, 2.45) is 0 Å². The van der Waals surface area contributed by atoms with E-state index in [2.05, 4.69) is 72.1 Å². The van der Waals surface area contributed by atoms with Crippen LogP contribution in [0.2, 0.25) is 0 Å². The Balaban J connectivity index is 1.63. The van der Waals surface area contributed by atoms with Crippen LogP contribution in [0.4, 0.5) is 5.69 Å². The van der Waals surface area contributed by atoms with Crippen molar-refractivity contribution < 1.29 is 0 Å². The van der Waals surface area contributed by atoms with Crippen LogP contribution in [-0.4, -0.2) is 45.6 Å². The fourth-order valence-corrected chi connectivity index (χ4v) is 4.98. The van der Waals surface area contributed by atoms with E-state index < -0.39 is 0 Å². The first-order chi connectivity index (χ1) is 15.9. The summed E-state index contributed by atoms with van der Waals surface area (Å²) in [5.74, 6) is 0. The zero-order chi connectivity index (χ0) is 23.5. The van der Waals surface area contributed by atoms with Crippen molar-refractivity contribution in [3.05, 3.63) is 75.1 Å². The molecule has 5 nitrogen and oxygen atoms in total. The van der Waals surface area contributed by atoms with E-state index in [9.17, 15) is 4.79 Å². The molecule has 0 aliphatic carbocycles. The number of nitrogens with zero attached hydrogens (tertiary/aromatic N) is 2. The summed E-state index contributed by atoms with van der Waals surface area (Å²) < 4.78 is 0. The highest BCUT2D eigenvalue weighted by Crippen LogP contribution is 2.22. The normalized spacial score (nSPS) is 16.3. The third-order valence-corrected chi connectivity index (χ3v) is 7.28. The molecule has 2 N–H and O–H groups in total. The van der Waals surface area contributed by atoms with Gasteiger partial charge in [0.15, 0.2) is 5.11 Å². The van der Waals surface area contributed by atoms with Gasteiger partial charge in [-0.2, -0.15) is 0 Å². The molecule has 0 spiro atoms. The fraction of sp³-hybridized carbons (Fsp3) is 0.407. The van der Waals surface area contributed by atoms with Crippen LogP contribution >= 0.6 is 12.2 Å². The molecular formula is C27H34N4OS. The lowest BCUT2D eigenvalue weighted by molar-refractivity contribution is 0.221. The van der Waals surface area contributed by atoms with Gasteiger partial charge in [0, 0.05) is 23.8 Å². The maximum Gasteiger partial charge on any atom is 0.253 e. The van der Waals surface area contributed by atoms with Crippen LogP contribution in [0, 0.1) is 20.8 Å². The van der Waals surface area contributed by atoms with Gasteiger partial charge in [0.1, 0.15) is 0 Å². The Hall–Kier alpha value is -2.70. The number of thiocarbonyl (C=S) groups is 1. The highest BCUT2D eigenvalue weighted by atomic mass is 32.1. The molecule has 2 aromatic carbocycles. The Morgan fingerprint density at radius 2 is 1.94 bits per heavy atom. The third-order valence-electron chi connectivity index (χ3n) is 6.92. The number of fused-ring (bicyclic) bond motifs is 1. The lowest BCUT2D eigenvalue weighted by Gasteiger charge is -2.32. The zero-order valence-electron chi connectivity index (χ0n) is 20.1. The molecule has 2 heterocycles. The minimum Gasteiger partial charge on any atom is -0.343 e. The monoisotopic (exact) mass is 462 g/mol. The van der Waals surface area contributed by atoms with Gasteiger partial charge in [-0.1, -0.05) is 36.8 Å². The largest absolute Gasteiger partial charge is 0.343 e. The number of nitrogens with one attached hydrogen (secondary N) is 2. The van der Waals surface area contributed by atoms with Gasteiger partial charge in [-0.25, -0.2) is 0 Å². The SMILES string of the molecule is CCN1CCC[C@H]1CN(Cc1cc2ccc(C)c(C)c2[nH]c1=O)C(=S)Nc1ccc(C)cc1. The molecule has 0 radical (unpaired) electrons. The van der Waals surface area contributed by atoms with E-state index in [1.54, 1.807) is 0 Å². The van der Waals surface area contributed by atoms with Crippen LogP contribution < -0.4 is 10.9 Å². The van der Waals surface area contributed by atoms with Gasteiger partial charge in [0.2, 0.25) is 0 Å². The number of likely N-dealkylation sites (N-methyl/N-ethyl adjacent to an activating group) is 1. The average Bonchev–Trinajstić information content (AvgIpc) is 3.25. The van der Waals surface area contributed by atoms with E-state index in [0.29, 0.717) is 17.7 Å². The van der Waals surface area contributed by atoms with Gasteiger partial charge in [0.05, 0.1) is 12.1 Å². The molecule has 1 saturated heterocycles. The molecule has 33 heavy (non-hydrogen) atoms. The van der Waals surface area contributed by atoms with E-state index in [1.165, 1.54) is 17.5 Å². The number of benzene rings is 2. The van der Waals surface area contributed by atoms with Crippen molar-refractivity contribution in [3.63, 3.8) is 0 Å². The van der Waals surface area contributed by atoms with Gasteiger partial charge in [-0.3, -0.25) is 9.69 Å². The van der Waals surface area contributed by atoms with Crippen molar-refractivity contribution in [2.45, 2.75) is 53.1 Å². The number of hydrogen-bond donors (Lipinski definition) is 2. The summed E-state index contributed by atoms with van der Waals surface area (Å²) in [7, 11) is 0. The van der Waals surface area contributed by atoms with Crippen LogP contribution in [-0.2, 0) is 6.54 Å². The molecule has 6 heteroatoms. The lowest BCUT2D eigenvalue weighted by atomic mass is 10.0. The van der Waals surface area contributed by atoms with Crippen molar-refractivity contribution in [2.75, 3.05) is 25.0 Å². The van der Waals surface area contributed by atoms with E-state index in [1.807, 2.05) is 18.2 Å². The molecule has 0 bridgehead atoms. The van der Waals surface area contributed by atoms with Crippen LogP contribution in [0.5, 0.6) is 0 Å². The van der Waals surface area contributed by atoms with Gasteiger partial charge in [-0.05, 0) is 93.6 Å². The molecule has 0 amide bonds. The molecule has 174 valence electrons. The number of aryl methyl sites for hydroxylation is 3. The Labute approximate surface area is 201 Å². The Bertz CT molecular complexity index is 1200. The molecule has 1 aliphatic heterocycles. The molecule has 1 aromatic heterocycles. The topological polar surface area (TPSA) is 51.4 Å². The van der Waals surface area contributed by atoms with Crippen LogP contribution in [0.25, 0.3) is 10.9 Å². The van der Waals surface area contributed by atoms with E-state index in [0.717, 1.165) is 53.8 Å². The summed E-state index contributed by atoms with van der Waals surface area (Å²) in [6.45, 7) is 11.8. The summed E-state index contributed by atoms with van der Waals surface area (Å²) in [4.78, 5) is 20.8. The molecule has 1 aliphatic rings. The first kappa shape index (κ1) is 23.5. The van der Waals surface area contributed by atoms with Crippen LogP contribution in [0.3, 0.4) is 0 Å². The van der Waals surface area contributed by atoms with Crippen molar-refractivity contribution in [1.29, 1.82) is 0 Å². The Morgan fingerprint density at radius 3 is 2.67 bits per heavy atom. The Kier molecular flexibility index (Phi) is 7.15. The van der Waals surface area contributed by atoms with Gasteiger partial charge < -0.3 is 15.2 Å². The quantitative estimate of drug-likeness (QED) is 0.497. The highest BCUT2D eigenvalue weighted by Gasteiger charge is 2.26. The Morgan fingerprint density at radius 1 is 1.18 bits per heavy atom. The second-order valence-corrected chi connectivity index (χ2v) is 9.58. The first-order valence-electron chi connectivity index (χ1n) is 11.8. The maximum absolute atomic E-state index is 13.1. The maximum atomic E-state index is 13.1.